The number of nitrogens with zero attached hydrogens (tertiary/aromatic N) is 2. The van der Waals surface area contributed by atoms with Gasteiger partial charge in [0.2, 0.25) is 0 Å². The van der Waals surface area contributed by atoms with Crippen molar-refractivity contribution >= 4 is 48.1 Å². The third-order valence-electron chi connectivity index (χ3n) is 3.93. The number of nitrogen functional groups attached to an aromatic ring is 1. The van der Waals surface area contributed by atoms with E-state index in [-0.39, 0.29) is 75.6 Å². The van der Waals surface area contributed by atoms with Gasteiger partial charge in [0.1, 0.15) is 20.2 Å². The molecule has 0 atom stereocenters. The maximum absolute atomic E-state index is 11.6. The van der Waals surface area contributed by atoms with E-state index in [1.54, 1.807) is 25.1 Å². The molecule has 30 heavy (non-hydrogen) atoms. The molecular weight excluding hydrogens is 452 g/mol. The Bertz CT molecular complexity index is 1340. The summed E-state index contributed by atoms with van der Waals surface area (Å²) in [6.07, 6.45) is 0. The quantitative estimate of drug-likeness (QED) is 0.185. The molecule has 3 rings (SSSR count). The molecule has 0 radical (unpaired) electrons. The topological polar surface area (TPSA) is 165 Å². The van der Waals surface area contributed by atoms with E-state index >= 15 is 0 Å². The molecule has 2 N–H and O–H groups in total. The van der Waals surface area contributed by atoms with Crippen LogP contribution in [0, 0.1) is 6.92 Å². The van der Waals surface area contributed by atoms with Gasteiger partial charge >= 0.3 is 59.1 Å². The molecule has 0 aliphatic rings. The minimum absolute atomic E-state index is 0. The third-order valence-corrected chi connectivity index (χ3v) is 5.62. The van der Waals surface area contributed by atoms with Crippen LogP contribution in [0.3, 0.4) is 0 Å². The Balaban J connectivity index is 0.00000225. The second-order valence-corrected chi connectivity index (χ2v) is 8.71. The van der Waals surface area contributed by atoms with Crippen molar-refractivity contribution in [3.63, 3.8) is 0 Å². The summed E-state index contributed by atoms with van der Waals surface area (Å²) >= 11 is 0. The fraction of sp³-hybridized carbons (Fsp3) is 0.0588. The zero-order chi connectivity index (χ0) is 20.7. The molecule has 0 aromatic heterocycles. The SMILES string of the molecule is Cc1cc(N)ccc1N=Nc1ccc2cc(S(=O)(=O)[O-])cc(S(=O)(=O)[O-])c2c1.[Na+].[Na+]. The molecule has 0 bridgehead atoms. The average Bonchev–Trinajstić information content (AvgIpc) is 2.58. The smallest absolute Gasteiger partial charge is 0.744 e. The molecule has 0 spiro atoms. The van der Waals surface area contributed by atoms with Crippen molar-refractivity contribution in [2.75, 3.05) is 5.73 Å². The summed E-state index contributed by atoms with van der Waals surface area (Å²) < 4.78 is 68.5. The summed E-state index contributed by atoms with van der Waals surface area (Å²) in [7, 11) is -9.99. The van der Waals surface area contributed by atoms with E-state index in [1.165, 1.54) is 18.2 Å². The van der Waals surface area contributed by atoms with E-state index in [0.717, 1.165) is 11.6 Å². The van der Waals surface area contributed by atoms with Crippen LogP contribution in [0.2, 0.25) is 0 Å². The van der Waals surface area contributed by atoms with Gasteiger partial charge in [0, 0.05) is 11.1 Å². The molecule has 146 valence electrons. The van der Waals surface area contributed by atoms with Gasteiger partial charge in [-0.25, -0.2) is 16.8 Å². The van der Waals surface area contributed by atoms with Crippen LogP contribution in [-0.4, -0.2) is 25.9 Å². The Labute approximate surface area is 217 Å². The minimum Gasteiger partial charge on any atom is -0.744 e. The largest absolute Gasteiger partial charge is 1.00 e. The minimum atomic E-state index is -5.05. The van der Waals surface area contributed by atoms with Crippen molar-refractivity contribution < 1.29 is 85.1 Å². The normalized spacial score (nSPS) is 11.8. The molecule has 0 amide bonds. The molecule has 0 fully saturated rings. The van der Waals surface area contributed by atoms with Crippen molar-refractivity contribution in [1.82, 2.24) is 0 Å². The molecular formula is C17H13N3Na2O6S2. The first kappa shape index (κ1) is 27.2. The van der Waals surface area contributed by atoms with Crippen molar-refractivity contribution in [2.45, 2.75) is 16.7 Å². The number of hydrogen-bond donors (Lipinski definition) is 1. The molecule has 3 aromatic rings. The van der Waals surface area contributed by atoms with Gasteiger partial charge < -0.3 is 14.8 Å². The number of fused-ring (bicyclic) bond motifs is 1. The predicted molar refractivity (Wildman–Crippen MR) is 99.6 cm³/mol. The van der Waals surface area contributed by atoms with Gasteiger partial charge in [-0.05, 0) is 60.3 Å². The molecule has 0 saturated heterocycles. The number of benzene rings is 3. The summed E-state index contributed by atoms with van der Waals surface area (Å²) in [6.45, 7) is 1.79. The van der Waals surface area contributed by atoms with Crippen LogP contribution < -0.4 is 64.8 Å². The molecule has 0 aliphatic heterocycles. The Hall–Kier alpha value is -0.860. The maximum Gasteiger partial charge on any atom is 1.00 e. The Kier molecular flexibility index (Phi) is 9.21. The second-order valence-electron chi connectivity index (χ2n) is 5.98. The van der Waals surface area contributed by atoms with Crippen molar-refractivity contribution in [3.8, 4) is 0 Å². The van der Waals surface area contributed by atoms with Crippen LogP contribution in [0.15, 0.2) is 68.6 Å². The van der Waals surface area contributed by atoms with Gasteiger partial charge in [0.15, 0.2) is 0 Å². The zero-order valence-corrected chi connectivity index (χ0v) is 22.0. The summed E-state index contributed by atoms with van der Waals surface area (Å²) in [6, 6.07) is 10.6. The Morgan fingerprint density at radius 1 is 0.833 bits per heavy atom. The second kappa shape index (κ2) is 10.2. The van der Waals surface area contributed by atoms with Crippen LogP contribution in [0.1, 0.15) is 5.56 Å². The number of anilines is 1. The molecule has 0 heterocycles. The summed E-state index contributed by atoms with van der Waals surface area (Å²) in [4.78, 5) is -1.62. The monoisotopic (exact) mass is 465 g/mol. The van der Waals surface area contributed by atoms with Gasteiger partial charge in [-0.3, -0.25) is 0 Å². The fourth-order valence-electron chi connectivity index (χ4n) is 2.60. The van der Waals surface area contributed by atoms with Crippen LogP contribution in [-0.2, 0) is 20.2 Å². The van der Waals surface area contributed by atoms with Gasteiger partial charge in [-0.1, -0.05) is 6.07 Å². The molecule has 3 aromatic carbocycles. The maximum atomic E-state index is 11.6. The van der Waals surface area contributed by atoms with E-state index in [0.29, 0.717) is 17.4 Å². The number of rotatable bonds is 4. The predicted octanol–water partition coefficient (Wildman–Crippen LogP) is -3.04. The first-order valence-electron chi connectivity index (χ1n) is 7.72. The molecule has 0 unspecified atom stereocenters. The molecule has 13 heteroatoms. The average molecular weight is 465 g/mol. The van der Waals surface area contributed by atoms with Crippen molar-refractivity contribution in [1.29, 1.82) is 0 Å². The van der Waals surface area contributed by atoms with Gasteiger partial charge in [0.25, 0.3) is 0 Å². The van der Waals surface area contributed by atoms with E-state index < -0.39 is 30.0 Å². The van der Waals surface area contributed by atoms with Crippen LogP contribution >= 0.6 is 0 Å². The van der Waals surface area contributed by atoms with Crippen molar-refractivity contribution in [2.24, 2.45) is 10.2 Å². The van der Waals surface area contributed by atoms with Crippen LogP contribution in [0.5, 0.6) is 0 Å². The fourth-order valence-corrected chi connectivity index (χ4v) is 3.93. The van der Waals surface area contributed by atoms with E-state index in [9.17, 15) is 25.9 Å². The zero-order valence-electron chi connectivity index (χ0n) is 16.4. The number of aryl methyl sites for hydroxylation is 1. The van der Waals surface area contributed by atoms with Gasteiger partial charge in [-0.15, -0.1) is 0 Å². The standard InChI is InChI=1S/C17H15N3O6S2.2Na/c1-10-6-12(18)3-5-16(10)20-19-13-4-2-11-7-14(27(21,22)23)9-17(15(11)8-13)28(24,25)26;;/h2-9H,18H2,1H3,(H,21,22,23)(H,24,25,26);;/q;2*+1/p-2. The van der Waals surface area contributed by atoms with E-state index in [2.05, 4.69) is 10.2 Å². The Morgan fingerprint density at radius 3 is 2.07 bits per heavy atom. The van der Waals surface area contributed by atoms with Crippen LogP contribution in [0.4, 0.5) is 17.1 Å². The van der Waals surface area contributed by atoms with E-state index in [1.807, 2.05) is 0 Å². The molecule has 0 aliphatic carbocycles. The summed E-state index contributed by atoms with van der Waals surface area (Å²) in [5.74, 6) is 0. The molecule has 9 nitrogen and oxygen atoms in total. The first-order chi connectivity index (χ1) is 12.9. The number of azo groups is 1. The van der Waals surface area contributed by atoms with Crippen molar-refractivity contribution in [3.05, 3.63) is 54.1 Å². The van der Waals surface area contributed by atoms with Gasteiger partial charge in [-0.2, -0.15) is 10.2 Å². The molecule has 0 saturated carbocycles. The van der Waals surface area contributed by atoms with Crippen LogP contribution in [0.25, 0.3) is 10.8 Å². The summed E-state index contributed by atoms with van der Waals surface area (Å²) in [5, 5.41) is 8.12. The van der Waals surface area contributed by atoms with E-state index in [4.69, 9.17) is 5.73 Å². The third kappa shape index (κ3) is 6.33. The Morgan fingerprint density at radius 2 is 1.50 bits per heavy atom. The number of hydrogen-bond acceptors (Lipinski definition) is 9. The van der Waals surface area contributed by atoms with Gasteiger partial charge in [0.05, 0.1) is 21.2 Å². The number of nitrogens with two attached hydrogens (primary N) is 1. The first-order valence-corrected chi connectivity index (χ1v) is 10.5. The summed E-state index contributed by atoms with van der Waals surface area (Å²) in [5.41, 5.74) is 7.78.